The Labute approximate surface area is 228 Å². The molecule has 10 heteroatoms. The molecule has 0 aliphatic heterocycles. The van der Waals surface area contributed by atoms with Crippen LogP contribution in [0.5, 0.6) is 0 Å². The number of hydrogen-bond acceptors (Lipinski definition) is 4. The molecule has 2 amide bonds. The quantitative estimate of drug-likeness (QED) is 0.399. The molecule has 0 saturated heterocycles. The van der Waals surface area contributed by atoms with Crippen molar-refractivity contribution in [1.82, 2.24) is 10.2 Å². The third-order valence-electron chi connectivity index (χ3n) is 5.87. The first kappa shape index (κ1) is 28.5. The zero-order chi connectivity index (χ0) is 27.3. The molecule has 3 rings (SSSR count). The van der Waals surface area contributed by atoms with Gasteiger partial charge in [-0.3, -0.25) is 13.9 Å². The highest BCUT2D eigenvalue weighted by Gasteiger charge is 2.32. The van der Waals surface area contributed by atoms with E-state index in [2.05, 4.69) is 5.32 Å². The lowest BCUT2D eigenvalue weighted by Crippen LogP contribution is -2.50. The van der Waals surface area contributed by atoms with Crippen molar-refractivity contribution in [2.45, 2.75) is 38.3 Å². The summed E-state index contributed by atoms with van der Waals surface area (Å²) < 4.78 is 28.5. The van der Waals surface area contributed by atoms with Gasteiger partial charge in [0.1, 0.15) is 12.6 Å². The first-order valence-corrected chi connectivity index (χ1v) is 13.7. The number of carbonyl (C=O) groups is 2. The molecule has 0 aliphatic rings. The van der Waals surface area contributed by atoms with E-state index in [9.17, 15) is 18.0 Å². The van der Waals surface area contributed by atoms with Gasteiger partial charge in [-0.05, 0) is 56.7 Å². The average molecular weight is 563 g/mol. The molecule has 37 heavy (non-hydrogen) atoms. The Hall–Kier alpha value is -3.07. The third kappa shape index (κ3) is 7.03. The fraction of sp³-hybridized carbons (Fsp3) is 0.259. The number of likely N-dealkylation sites (N-methyl/N-ethyl adjacent to an activating group) is 1. The van der Waals surface area contributed by atoms with E-state index in [1.165, 1.54) is 42.3 Å². The Morgan fingerprint density at radius 3 is 2.11 bits per heavy atom. The summed E-state index contributed by atoms with van der Waals surface area (Å²) >= 11 is 12.4. The second-order valence-electron chi connectivity index (χ2n) is 8.75. The van der Waals surface area contributed by atoms with Crippen LogP contribution in [0.2, 0.25) is 10.0 Å². The molecule has 7 nitrogen and oxygen atoms in total. The van der Waals surface area contributed by atoms with Gasteiger partial charge in [0.25, 0.3) is 10.0 Å². The van der Waals surface area contributed by atoms with Crippen LogP contribution in [0.25, 0.3) is 0 Å². The molecule has 0 bridgehead atoms. The molecule has 0 fully saturated rings. The number of anilines is 1. The molecule has 0 saturated carbocycles. The van der Waals surface area contributed by atoms with Crippen molar-refractivity contribution in [2.75, 3.05) is 17.9 Å². The summed E-state index contributed by atoms with van der Waals surface area (Å²) in [6.45, 7) is 4.92. The summed E-state index contributed by atoms with van der Waals surface area (Å²) in [5.74, 6) is -0.941. The van der Waals surface area contributed by atoms with Crippen molar-refractivity contribution < 1.29 is 18.0 Å². The van der Waals surface area contributed by atoms with Crippen LogP contribution in [-0.4, -0.2) is 44.8 Å². The van der Waals surface area contributed by atoms with E-state index in [-0.39, 0.29) is 33.1 Å². The molecule has 3 aromatic rings. The standard InChI is InChI=1S/C27H29Cl2N3O4S/c1-18-8-10-25(11-9-18)37(35,36)32(24-14-22(28)13-23(29)15-24)17-26(33)31(20(3)27(34)30-4)16-21-7-5-6-19(2)12-21/h5-15,20H,16-17H2,1-4H3,(H,30,34)/t20-/m1/s1. The number of amides is 2. The average Bonchev–Trinajstić information content (AvgIpc) is 2.84. The van der Waals surface area contributed by atoms with Gasteiger partial charge >= 0.3 is 0 Å². The van der Waals surface area contributed by atoms with Crippen LogP contribution >= 0.6 is 23.2 Å². The van der Waals surface area contributed by atoms with E-state index in [0.29, 0.717) is 0 Å². The van der Waals surface area contributed by atoms with Crippen LogP contribution in [0.15, 0.2) is 71.6 Å². The predicted octanol–water partition coefficient (Wildman–Crippen LogP) is 4.97. The Kier molecular flexibility index (Phi) is 9.23. The number of nitrogens with one attached hydrogen (secondary N) is 1. The molecule has 1 N–H and O–H groups in total. The van der Waals surface area contributed by atoms with Gasteiger partial charge in [-0.1, -0.05) is 70.7 Å². The van der Waals surface area contributed by atoms with Crippen molar-refractivity contribution in [1.29, 1.82) is 0 Å². The van der Waals surface area contributed by atoms with Gasteiger partial charge in [-0.2, -0.15) is 0 Å². The SMILES string of the molecule is CNC(=O)[C@@H](C)N(Cc1cccc(C)c1)C(=O)CN(c1cc(Cl)cc(Cl)c1)S(=O)(=O)c1ccc(C)cc1. The lowest BCUT2D eigenvalue weighted by molar-refractivity contribution is -0.139. The first-order valence-electron chi connectivity index (χ1n) is 11.5. The Morgan fingerprint density at radius 2 is 1.54 bits per heavy atom. The van der Waals surface area contributed by atoms with Gasteiger partial charge in [0.15, 0.2) is 0 Å². The molecule has 0 radical (unpaired) electrons. The van der Waals surface area contributed by atoms with Gasteiger partial charge < -0.3 is 10.2 Å². The summed E-state index contributed by atoms with van der Waals surface area (Å²) in [4.78, 5) is 27.7. The van der Waals surface area contributed by atoms with Gasteiger partial charge in [0.05, 0.1) is 10.6 Å². The number of hydrogen-bond donors (Lipinski definition) is 1. The van der Waals surface area contributed by atoms with Crippen LogP contribution in [-0.2, 0) is 26.2 Å². The lowest BCUT2D eigenvalue weighted by atomic mass is 10.1. The highest BCUT2D eigenvalue weighted by molar-refractivity contribution is 7.92. The monoisotopic (exact) mass is 561 g/mol. The maximum atomic E-state index is 13.8. The minimum Gasteiger partial charge on any atom is -0.357 e. The lowest BCUT2D eigenvalue weighted by Gasteiger charge is -2.32. The fourth-order valence-corrected chi connectivity index (χ4v) is 5.76. The summed E-state index contributed by atoms with van der Waals surface area (Å²) in [7, 11) is -2.71. The highest BCUT2D eigenvalue weighted by atomic mass is 35.5. The van der Waals surface area contributed by atoms with Crippen molar-refractivity contribution in [3.05, 3.63) is 93.5 Å². The van der Waals surface area contributed by atoms with E-state index >= 15 is 0 Å². The minimum atomic E-state index is -4.20. The highest BCUT2D eigenvalue weighted by Crippen LogP contribution is 2.30. The maximum Gasteiger partial charge on any atom is 0.264 e. The Balaban J connectivity index is 2.07. The number of nitrogens with zero attached hydrogens (tertiary/aromatic N) is 2. The van der Waals surface area contributed by atoms with Crippen LogP contribution in [0.1, 0.15) is 23.6 Å². The number of rotatable bonds is 9. The summed E-state index contributed by atoms with van der Waals surface area (Å²) in [6.07, 6.45) is 0. The Morgan fingerprint density at radius 1 is 0.919 bits per heavy atom. The third-order valence-corrected chi connectivity index (χ3v) is 8.10. The number of aryl methyl sites for hydroxylation is 2. The largest absolute Gasteiger partial charge is 0.357 e. The molecule has 3 aromatic carbocycles. The van der Waals surface area contributed by atoms with E-state index in [0.717, 1.165) is 21.0 Å². The molecule has 196 valence electrons. The molecule has 0 spiro atoms. The zero-order valence-electron chi connectivity index (χ0n) is 21.0. The van der Waals surface area contributed by atoms with E-state index in [1.807, 2.05) is 38.1 Å². The number of benzene rings is 3. The first-order chi connectivity index (χ1) is 17.4. The predicted molar refractivity (Wildman–Crippen MR) is 147 cm³/mol. The van der Waals surface area contributed by atoms with Crippen LogP contribution in [0.3, 0.4) is 0 Å². The maximum absolute atomic E-state index is 13.8. The normalized spacial score (nSPS) is 12.1. The minimum absolute atomic E-state index is 0.00609. The molecule has 1 atom stereocenters. The van der Waals surface area contributed by atoms with Crippen molar-refractivity contribution in [3.8, 4) is 0 Å². The van der Waals surface area contributed by atoms with E-state index < -0.39 is 28.5 Å². The second kappa shape index (κ2) is 12.0. The second-order valence-corrected chi connectivity index (χ2v) is 11.5. The van der Waals surface area contributed by atoms with E-state index in [4.69, 9.17) is 23.2 Å². The fourth-order valence-electron chi connectivity index (χ4n) is 3.85. The molecular weight excluding hydrogens is 533 g/mol. The van der Waals surface area contributed by atoms with Gasteiger partial charge in [0, 0.05) is 23.6 Å². The summed E-state index contributed by atoms with van der Waals surface area (Å²) in [5, 5.41) is 2.99. The van der Waals surface area contributed by atoms with Gasteiger partial charge in [-0.15, -0.1) is 0 Å². The zero-order valence-corrected chi connectivity index (χ0v) is 23.4. The molecule has 0 aliphatic carbocycles. The number of carbonyl (C=O) groups excluding carboxylic acids is 2. The summed E-state index contributed by atoms with van der Waals surface area (Å²) in [6, 6.07) is 17.3. The van der Waals surface area contributed by atoms with Crippen molar-refractivity contribution in [2.24, 2.45) is 0 Å². The topological polar surface area (TPSA) is 86.8 Å². The van der Waals surface area contributed by atoms with Crippen molar-refractivity contribution >= 4 is 50.7 Å². The van der Waals surface area contributed by atoms with Crippen LogP contribution < -0.4 is 9.62 Å². The molecular formula is C27H29Cl2N3O4S. The van der Waals surface area contributed by atoms with E-state index in [1.54, 1.807) is 19.1 Å². The smallest absolute Gasteiger partial charge is 0.264 e. The summed E-state index contributed by atoms with van der Waals surface area (Å²) in [5.41, 5.74) is 2.82. The van der Waals surface area contributed by atoms with Gasteiger partial charge in [-0.25, -0.2) is 8.42 Å². The van der Waals surface area contributed by atoms with Crippen LogP contribution in [0, 0.1) is 13.8 Å². The van der Waals surface area contributed by atoms with Crippen LogP contribution in [0.4, 0.5) is 5.69 Å². The van der Waals surface area contributed by atoms with Gasteiger partial charge in [0.2, 0.25) is 11.8 Å². The number of sulfonamides is 1. The molecule has 0 unspecified atom stereocenters. The number of halogens is 2. The molecule has 0 aromatic heterocycles. The van der Waals surface area contributed by atoms with Crippen molar-refractivity contribution in [3.63, 3.8) is 0 Å². The molecule has 0 heterocycles. The Bertz CT molecular complexity index is 1370.